The maximum Gasteiger partial charge on any atom is 0.221 e. The lowest BCUT2D eigenvalue weighted by molar-refractivity contribution is -0.282. The molecule has 0 aromatic heterocycles. The molecule has 208 valence electrons. The average molecular weight is 516 g/mol. The van der Waals surface area contributed by atoms with Gasteiger partial charge in [-0.2, -0.15) is 0 Å². The van der Waals surface area contributed by atoms with E-state index in [1.807, 2.05) is 13.0 Å². The molecule has 0 aromatic carbocycles. The number of carbonyl (C=O) groups excluding carboxylic acids is 1. The Bertz CT molecular complexity index is 714. The van der Waals surface area contributed by atoms with E-state index in [0.717, 1.165) is 25.1 Å². The van der Waals surface area contributed by atoms with E-state index in [4.69, 9.17) is 36.1 Å². The molecule has 1 aliphatic carbocycles. The molecule has 3 rings (SSSR count). The van der Waals surface area contributed by atoms with Crippen molar-refractivity contribution in [1.82, 2.24) is 10.6 Å². The van der Waals surface area contributed by atoms with Gasteiger partial charge in [0.2, 0.25) is 5.91 Å². The number of allylic oxidation sites excluding steroid dienone is 1. The first-order chi connectivity index (χ1) is 17.3. The number of aliphatic hydroxyl groups is 2. The van der Waals surface area contributed by atoms with Crippen LogP contribution in [0.2, 0.25) is 0 Å². The van der Waals surface area contributed by atoms with Crippen molar-refractivity contribution in [2.45, 2.75) is 94.5 Å². The highest BCUT2D eigenvalue weighted by atomic mass is 16.7. The molecule has 1 amide bonds. The van der Waals surface area contributed by atoms with E-state index in [1.165, 1.54) is 0 Å². The van der Waals surface area contributed by atoms with E-state index in [-0.39, 0.29) is 24.8 Å². The highest BCUT2D eigenvalue weighted by Crippen LogP contribution is 2.31. The van der Waals surface area contributed by atoms with Crippen LogP contribution in [0.15, 0.2) is 11.8 Å². The van der Waals surface area contributed by atoms with Crippen LogP contribution >= 0.6 is 0 Å². The number of carbonyl (C=O) groups is 1. The van der Waals surface area contributed by atoms with Crippen molar-refractivity contribution in [2.24, 2.45) is 23.1 Å². The Hall–Kier alpha value is -1.35. The fourth-order valence-electron chi connectivity index (χ4n) is 4.87. The van der Waals surface area contributed by atoms with Crippen molar-refractivity contribution in [1.29, 1.82) is 0 Å². The van der Waals surface area contributed by atoms with Crippen LogP contribution in [-0.4, -0.2) is 98.0 Å². The van der Waals surface area contributed by atoms with Gasteiger partial charge in [-0.05, 0) is 50.8 Å². The molecule has 12 nitrogen and oxygen atoms in total. The molecule has 2 fully saturated rings. The molecule has 1 saturated heterocycles. The summed E-state index contributed by atoms with van der Waals surface area (Å²) in [5, 5.41) is 28.0. The number of aliphatic hydroxyl groups excluding tert-OH is 2. The van der Waals surface area contributed by atoms with Crippen molar-refractivity contribution >= 4 is 5.91 Å². The first kappa shape index (κ1) is 29.2. The first-order valence-electron chi connectivity index (χ1n) is 13.1. The minimum absolute atomic E-state index is 0.138. The number of rotatable bonds is 12. The Kier molecular flexibility index (Phi) is 11.8. The summed E-state index contributed by atoms with van der Waals surface area (Å²) < 4.78 is 24.0. The summed E-state index contributed by atoms with van der Waals surface area (Å²) in [6, 6.07) is -1.18. The first-order valence-corrected chi connectivity index (χ1v) is 13.1. The van der Waals surface area contributed by atoms with Crippen LogP contribution in [0.5, 0.6) is 0 Å². The molecule has 36 heavy (non-hydrogen) atoms. The predicted octanol–water partition coefficient (Wildman–Crippen LogP) is -1.62. The lowest BCUT2D eigenvalue weighted by atomic mass is 9.83. The molecule has 0 radical (unpaired) electrons. The maximum atomic E-state index is 12.3. The number of ether oxygens (including phenoxy) is 4. The summed E-state index contributed by atoms with van der Waals surface area (Å²) in [5.74, 6) is 0.701. The molecule has 9 atom stereocenters. The highest BCUT2D eigenvalue weighted by Gasteiger charge is 2.48. The number of amides is 1. The lowest BCUT2D eigenvalue weighted by Gasteiger charge is -2.46. The summed E-state index contributed by atoms with van der Waals surface area (Å²) in [6.07, 6.45) is -0.000406. The summed E-state index contributed by atoms with van der Waals surface area (Å²) in [4.78, 5) is 12.3. The molecule has 1 saturated carbocycles. The Morgan fingerprint density at radius 3 is 2.72 bits per heavy atom. The topological polar surface area (TPSA) is 197 Å². The Balaban J connectivity index is 1.65. The molecule has 0 aromatic rings. The summed E-state index contributed by atoms with van der Waals surface area (Å²) in [5.41, 5.74) is 17.5. The smallest absolute Gasteiger partial charge is 0.221 e. The van der Waals surface area contributed by atoms with Crippen molar-refractivity contribution in [3.63, 3.8) is 0 Å². The molecule has 0 spiro atoms. The van der Waals surface area contributed by atoms with Crippen LogP contribution in [-0.2, 0) is 23.7 Å². The van der Waals surface area contributed by atoms with Gasteiger partial charge in [-0.1, -0.05) is 6.92 Å². The van der Waals surface area contributed by atoms with E-state index < -0.39 is 49.1 Å². The molecule has 12 heteroatoms. The van der Waals surface area contributed by atoms with Gasteiger partial charge in [-0.25, -0.2) is 0 Å². The minimum Gasteiger partial charge on any atom is -0.468 e. The molecule has 10 N–H and O–H groups in total. The SMILES string of the molecule is C[C@@H]1CO[C@H](O[C@@H]2[C@@H](O)[C@H](O[C@@H]3CCC=C(CNCCCN)O3)[C@@H](N)C[C@H]2NC(=O)CCN)[C@H](O)C1. The standard InChI is InChI=1S/C24H45N5O7/c1-14-10-18(30)24(33-13-14)36-23-17(29-19(31)6-8-26)11-16(27)22(21(23)32)35-20-5-2-4-15(34-20)12-28-9-3-7-25/h4,14,16-18,20-24,28,30,32H,2-3,5-13,25-27H2,1H3,(H,29,31)/t14-,16-,17+,18+,20+,21-,22+,23-,24+/m0/s1. The fourth-order valence-corrected chi connectivity index (χ4v) is 4.87. The van der Waals surface area contributed by atoms with Crippen molar-refractivity contribution < 1.29 is 34.0 Å². The zero-order chi connectivity index (χ0) is 26.1. The van der Waals surface area contributed by atoms with Gasteiger partial charge >= 0.3 is 0 Å². The molecular weight excluding hydrogens is 470 g/mol. The van der Waals surface area contributed by atoms with Crippen molar-refractivity contribution in [3.8, 4) is 0 Å². The average Bonchev–Trinajstić information content (AvgIpc) is 2.83. The van der Waals surface area contributed by atoms with Gasteiger partial charge in [0.1, 0.15) is 30.2 Å². The highest BCUT2D eigenvalue weighted by molar-refractivity contribution is 5.76. The Morgan fingerprint density at radius 2 is 2.00 bits per heavy atom. The molecule has 3 aliphatic rings. The van der Waals surface area contributed by atoms with E-state index >= 15 is 0 Å². The van der Waals surface area contributed by atoms with Gasteiger partial charge in [0.05, 0.1) is 19.2 Å². The fraction of sp³-hybridized carbons (Fsp3) is 0.875. The van der Waals surface area contributed by atoms with Gasteiger partial charge in [0.25, 0.3) is 0 Å². The third kappa shape index (κ3) is 8.33. The van der Waals surface area contributed by atoms with Crippen LogP contribution < -0.4 is 27.8 Å². The van der Waals surface area contributed by atoms with E-state index in [1.54, 1.807) is 0 Å². The summed E-state index contributed by atoms with van der Waals surface area (Å²) >= 11 is 0. The van der Waals surface area contributed by atoms with Crippen molar-refractivity contribution in [3.05, 3.63) is 11.8 Å². The monoisotopic (exact) mass is 515 g/mol. The summed E-state index contributed by atoms with van der Waals surface area (Å²) in [6.45, 7) is 4.58. The van der Waals surface area contributed by atoms with Gasteiger partial charge in [0.15, 0.2) is 12.6 Å². The van der Waals surface area contributed by atoms with E-state index in [2.05, 4.69) is 10.6 Å². The molecule has 2 aliphatic heterocycles. The lowest BCUT2D eigenvalue weighted by Crippen LogP contribution is -2.66. The minimum atomic E-state index is -1.19. The molecular formula is C24H45N5O7. The van der Waals surface area contributed by atoms with E-state index in [0.29, 0.717) is 39.0 Å². The number of hydrogen-bond acceptors (Lipinski definition) is 11. The second kappa shape index (κ2) is 14.6. The van der Waals surface area contributed by atoms with Gasteiger partial charge in [-0.15, -0.1) is 0 Å². The molecule has 2 heterocycles. The van der Waals surface area contributed by atoms with Crippen LogP contribution in [0.4, 0.5) is 0 Å². The van der Waals surface area contributed by atoms with Gasteiger partial charge < -0.3 is 57.0 Å². The second-order valence-electron chi connectivity index (χ2n) is 10.0. The Labute approximate surface area is 213 Å². The summed E-state index contributed by atoms with van der Waals surface area (Å²) in [7, 11) is 0. The largest absolute Gasteiger partial charge is 0.468 e. The van der Waals surface area contributed by atoms with Crippen LogP contribution in [0.25, 0.3) is 0 Å². The second-order valence-corrected chi connectivity index (χ2v) is 10.0. The molecule has 0 unspecified atom stereocenters. The number of nitrogens with two attached hydrogens (primary N) is 3. The normalized spacial score (nSPS) is 37.2. The van der Waals surface area contributed by atoms with Crippen LogP contribution in [0, 0.1) is 5.92 Å². The Morgan fingerprint density at radius 1 is 1.19 bits per heavy atom. The zero-order valence-corrected chi connectivity index (χ0v) is 21.2. The van der Waals surface area contributed by atoms with E-state index in [9.17, 15) is 15.0 Å². The number of nitrogens with one attached hydrogen (secondary N) is 2. The predicted molar refractivity (Wildman–Crippen MR) is 132 cm³/mol. The van der Waals surface area contributed by atoms with Crippen molar-refractivity contribution in [2.75, 3.05) is 32.8 Å². The zero-order valence-electron chi connectivity index (χ0n) is 21.2. The number of hydrogen-bond donors (Lipinski definition) is 7. The molecule has 0 bridgehead atoms. The maximum absolute atomic E-state index is 12.3. The van der Waals surface area contributed by atoms with Gasteiger partial charge in [-0.3, -0.25) is 4.79 Å². The third-order valence-corrected chi connectivity index (χ3v) is 6.75. The quantitative estimate of drug-likeness (QED) is 0.148. The third-order valence-electron chi connectivity index (χ3n) is 6.75. The van der Waals surface area contributed by atoms with Crippen LogP contribution in [0.3, 0.4) is 0 Å². The van der Waals surface area contributed by atoms with Crippen LogP contribution in [0.1, 0.15) is 45.4 Å². The van der Waals surface area contributed by atoms with Gasteiger partial charge in [0, 0.05) is 25.4 Å².